The lowest BCUT2D eigenvalue weighted by Crippen LogP contribution is -2.48. The summed E-state index contributed by atoms with van der Waals surface area (Å²) >= 11 is 7.83. The topological polar surface area (TPSA) is 52.6 Å². The van der Waals surface area contributed by atoms with Crippen LogP contribution in [-0.4, -0.2) is 65.4 Å². The number of piperazine rings is 1. The molecule has 0 radical (unpaired) electrons. The maximum Gasteiger partial charge on any atom is 0.253 e. The quantitative estimate of drug-likeness (QED) is 0.253. The highest BCUT2D eigenvalue weighted by molar-refractivity contribution is 7.98. The molecule has 8 heteroatoms. The molecule has 2 aromatic carbocycles. The molecular weight excluding hydrogens is 466 g/mol. The van der Waals surface area contributed by atoms with Crippen molar-refractivity contribution in [2.45, 2.75) is 24.4 Å². The first-order valence-electron chi connectivity index (χ1n) is 11.5. The highest BCUT2D eigenvalue weighted by Gasteiger charge is 2.21. The Hall–Kier alpha value is -2.61. The average Bonchev–Trinajstić information content (AvgIpc) is 2.87. The van der Waals surface area contributed by atoms with Crippen molar-refractivity contribution in [2.24, 2.45) is 0 Å². The Morgan fingerprint density at radius 1 is 1.00 bits per heavy atom. The van der Waals surface area contributed by atoms with E-state index >= 15 is 0 Å². The minimum absolute atomic E-state index is 0.103. The normalized spacial score (nSPS) is 14.3. The Balaban J connectivity index is 1.39. The number of carbonyl (C=O) groups excluding carboxylic acids is 1. The predicted molar refractivity (Wildman–Crippen MR) is 140 cm³/mol. The molecule has 0 aliphatic carbocycles. The standard InChI is InChI=1S/C26H30ClN5OS/c1-3-31-12-14-32(15-13-31)25(33)22-11-7-10-21(16-22)19-34-26-28-23(27)17-24(29-26)30(2)18-20-8-5-4-6-9-20/h4-11,16-17H,3,12-15,18-19H2,1-2H3. The van der Waals surface area contributed by atoms with Gasteiger partial charge in [-0.3, -0.25) is 4.79 Å². The second-order valence-corrected chi connectivity index (χ2v) is 9.72. The molecule has 0 spiro atoms. The summed E-state index contributed by atoms with van der Waals surface area (Å²) in [7, 11) is 2.00. The van der Waals surface area contributed by atoms with Crippen LogP contribution >= 0.6 is 23.4 Å². The number of anilines is 1. The number of nitrogens with zero attached hydrogens (tertiary/aromatic N) is 5. The minimum atomic E-state index is 0.103. The Morgan fingerprint density at radius 3 is 2.47 bits per heavy atom. The SMILES string of the molecule is CCN1CCN(C(=O)c2cccc(CSc3nc(Cl)cc(N(C)Cc4ccccc4)n3)c2)CC1. The fraction of sp³-hybridized carbons (Fsp3) is 0.346. The Bertz CT molecular complexity index is 1110. The third-order valence-electron chi connectivity index (χ3n) is 5.96. The maximum absolute atomic E-state index is 13.0. The molecule has 4 rings (SSSR count). The zero-order valence-electron chi connectivity index (χ0n) is 19.7. The fourth-order valence-electron chi connectivity index (χ4n) is 3.98. The summed E-state index contributed by atoms with van der Waals surface area (Å²) in [6, 6.07) is 19.9. The number of benzene rings is 2. The van der Waals surface area contributed by atoms with E-state index in [4.69, 9.17) is 16.6 Å². The van der Waals surface area contributed by atoms with Gasteiger partial charge in [0.1, 0.15) is 11.0 Å². The van der Waals surface area contributed by atoms with Gasteiger partial charge in [0.25, 0.3) is 5.91 Å². The predicted octanol–water partition coefficient (Wildman–Crippen LogP) is 4.84. The molecule has 34 heavy (non-hydrogen) atoms. The molecule has 2 heterocycles. The molecule has 6 nitrogen and oxygen atoms in total. The van der Waals surface area contributed by atoms with Crippen LogP contribution in [0.3, 0.4) is 0 Å². The number of rotatable bonds is 8. The van der Waals surface area contributed by atoms with E-state index in [2.05, 4.69) is 33.8 Å². The molecule has 3 aromatic rings. The van der Waals surface area contributed by atoms with Crippen LogP contribution < -0.4 is 4.90 Å². The van der Waals surface area contributed by atoms with Crippen molar-refractivity contribution in [2.75, 3.05) is 44.7 Å². The molecule has 0 atom stereocenters. The molecule has 1 aliphatic heterocycles. The van der Waals surface area contributed by atoms with Crippen LogP contribution in [0.15, 0.2) is 65.8 Å². The monoisotopic (exact) mass is 495 g/mol. The molecule has 1 fully saturated rings. The van der Waals surface area contributed by atoms with Crippen molar-refractivity contribution < 1.29 is 4.79 Å². The van der Waals surface area contributed by atoms with Gasteiger partial charge in [-0.2, -0.15) is 0 Å². The number of halogens is 1. The highest BCUT2D eigenvalue weighted by atomic mass is 35.5. The Kier molecular flexibility index (Phi) is 8.43. The van der Waals surface area contributed by atoms with Gasteiger partial charge in [0.05, 0.1) is 0 Å². The number of carbonyl (C=O) groups is 1. The zero-order valence-corrected chi connectivity index (χ0v) is 21.2. The van der Waals surface area contributed by atoms with Crippen molar-refractivity contribution in [1.82, 2.24) is 19.8 Å². The van der Waals surface area contributed by atoms with E-state index in [1.54, 1.807) is 6.07 Å². The first kappa shape index (κ1) is 24.5. The Morgan fingerprint density at radius 2 is 1.74 bits per heavy atom. The second-order valence-electron chi connectivity index (χ2n) is 8.39. The van der Waals surface area contributed by atoms with E-state index in [0.717, 1.165) is 56.2 Å². The molecule has 1 saturated heterocycles. The van der Waals surface area contributed by atoms with E-state index in [1.165, 1.54) is 17.3 Å². The van der Waals surface area contributed by atoms with Gasteiger partial charge in [-0.1, -0.05) is 72.8 Å². The van der Waals surface area contributed by atoms with E-state index < -0.39 is 0 Å². The number of amides is 1. The lowest BCUT2D eigenvalue weighted by atomic mass is 10.1. The van der Waals surface area contributed by atoms with Gasteiger partial charge < -0.3 is 14.7 Å². The molecule has 0 unspecified atom stereocenters. The molecule has 1 aromatic heterocycles. The lowest BCUT2D eigenvalue weighted by Gasteiger charge is -2.34. The minimum Gasteiger partial charge on any atom is -0.355 e. The summed E-state index contributed by atoms with van der Waals surface area (Å²) in [5, 5.41) is 1.04. The van der Waals surface area contributed by atoms with E-state index in [1.807, 2.05) is 54.4 Å². The zero-order chi connectivity index (χ0) is 23.9. The number of likely N-dealkylation sites (N-methyl/N-ethyl adjacent to an activating group) is 1. The van der Waals surface area contributed by atoms with Crippen LogP contribution in [0.2, 0.25) is 5.15 Å². The van der Waals surface area contributed by atoms with Gasteiger partial charge in [-0.15, -0.1) is 0 Å². The number of thioether (sulfide) groups is 1. The summed E-state index contributed by atoms with van der Waals surface area (Å²) in [5.41, 5.74) is 3.00. The summed E-state index contributed by atoms with van der Waals surface area (Å²) in [6.07, 6.45) is 0. The third kappa shape index (κ3) is 6.50. The summed E-state index contributed by atoms with van der Waals surface area (Å²) in [5.74, 6) is 1.54. The van der Waals surface area contributed by atoms with Crippen molar-refractivity contribution in [1.29, 1.82) is 0 Å². The molecule has 0 saturated carbocycles. The van der Waals surface area contributed by atoms with Crippen LogP contribution in [0.5, 0.6) is 0 Å². The average molecular weight is 496 g/mol. The summed E-state index contributed by atoms with van der Waals surface area (Å²) < 4.78 is 0. The molecular formula is C26H30ClN5OS. The van der Waals surface area contributed by atoms with Gasteiger partial charge >= 0.3 is 0 Å². The molecule has 1 aliphatic rings. The van der Waals surface area contributed by atoms with Gasteiger partial charge in [-0.05, 0) is 29.8 Å². The largest absolute Gasteiger partial charge is 0.355 e. The molecule has 1 amide bonds. The molecule has 0 N–H and O–H groups in total. The smallest absolute Gasteiger partial charge is 0.253 e. The third-order valence-corrected chi connectivity index (χ3v) is 7.08. The van der Waals surface area contributed by atoms with Gasteiger partial charge in [0.2, 0.25) is 0 Å². The van der Waals surface area contributed by atoms with Crippen LogP contribution in [0.4, 0.5) is 5.82 Å². The van der Waals surface area contributed by atoms with Crippen LogP contribution in [0.1, 0.15) is 28.4 Å². The fourth-order valence-corrected chi connectivity index (χ4v) is 5.00. The maximum atomic E-state index is 13.0. The molecule has 0 bridgehead atoms. The van der Waals surface area contributed by atoms with E-state index in [-0.39, 0.29) is 5.91 Å². The highest BCUT2D eigenvalue weighted by Crippen LogP contribution is 2.25. The first-order valence-corrected chi connectivity index (χ1v) is 12.9. The summed E-state index contributed by atoms with van der Waals surface area (Å²) in [6.45, 7) is 7.35. The van der Waals surface area contributed by atoms with Crippen molar-refractivity contribution >= 4 is 35.1 Å². The Labute approximate surface area is 210 Å². The van der Waals surface area contributed by atoms with Crippen molar-refractivity contribution in [3.8, 4) is 0 Å². The van der Waals surface area contributed by atoms with Crippen molar-refractivity contribution in [3.05, 3.63) is 82.5 Å². The lowest BCUT2D eigenvalue weighted by molar-refractivity contribution is 0.0643. The van der Waals surface area contributed by atoms with E-state index in [0.29, 0.717) is 16.1 Å². The van der Waals surface area contributed by atoms with Crippen LogP contribution in [-0.2, 0) is 12.3 Å². The number of hydrogen-bond acceptors (Lipinski definition) is 6. The first-order chi connectivity index (χ1) is 16.5. The van der Waals surface area contributed by atoms with Crippen LogP contribution in [0, 0.1) is 0 Å². The number of aromatic nitrogens is 2. The van der Waals surface area contributed by atoms with Gasteiger partial charge in [-0.25, -0.2) is 9.97 Å². The van der Waals surface area contributed by atoms with Gasteiger partial charge in [0, 0.05) is 57.2 Å². The summed E-state index contributed by atoms with van der Waals surface area (Å²) in [4.78, 5) is 28.5. The van der Waals surface area contributed by atoms with Gasteiger partial charge in [0.15, 0.2) is 5.16 Å². The second kappa shape index (κ2) is 11.7. The number of hydrogen-bond donors (Lipinski definition) is 0. The molecule has 178 valence electrons. The van der Waals surface area contributed by atoms with E-state index in [9.17, 15) is 4.79 Å². The van der Waals surface area contributed by atoms with Crippen LogP contribution in [0.25, 0.3) is 0 Å². The van der Waals surface area contributed by atoms with Crippen molar-refractivity contribution in [3.63, 3.8) is 0 Å².